The lowest BCUT2D eigenvalue weighted by Crippen LogP contribution is -2.45. The number of amides is 3. The van der Waals surface area contributed by atoms with E-state index in [2.05, 4.69) is 5.32 Å². The van der Waals surface area contributed by atoms with Gasteiger partial charge in [0.25, 0.3) is 0 Å². The van der Waals surface area contributed by atoms with Gasteiger partial charge in [0.2, 0.25) is 17.7 Å². The molecule has 1 aliphatic carbocycles. The summed E-state index contributed by atoms with van der Waals surface area (Å²) in [5.41, 5.74) is 1.25. The third-order valence-corrected chi connectivity index (χ3v) is 6.59. The molecule has 2 unspecified atom stereocenters. The second-order valence-electron chi connectivity index (χ2n) is 8.48. The number of rotatable bonds is 6. The van der Waals surface area contributed by atoms with Crippen LogP contribution in [0.2, 0.25) is 0 Å². The average Bonchev–Trinajstić information content (AvgIpc) is 3.03. The van der Waals surface area contributed by atoms with Crippen LogP contribution < -0.4 is 5.32 Å². The van der Waals surface area contributed by atoms with Crippen molar-refractivity contribution in [2.75, 3.05) is 6.54 Å². The topological polar surface area (TPSA) is 66.5 Å². The van der Waals surface area contributed by atoms with Gasteiger partial charge in [0.1, 0.15) is 0 Å². The number of carbonyl (C=O) groups excluding carboxylic acids is 3. The van der Waals surface area contributed by atoms with Crippen molar-refractivity contribution in [1.29, 1.82) is 0 Å². The van der Waals surface area contributed by atoms with Crippen molar-refractivity contribution >= 4 is 17.7 Å². The number of nitrogens with zero attached hydrogens (tertiary/aromatic N) is 1. The molecule has 1 saturated carbocycles. The number of carbonyl (C=O) groups is 3. The third-order valence-electron chi connectivity index (χ3n) is 6.59. The molecule has 2 fully saturated rings. The van der Waals surface area contributed by atoms with Crippen LogP contribution in [0.5, 0.6) is 0 Å². The number of benzene rings is 2. The molecule has 2 aromatic rings. The Morgan fingerprint density at radius 3 is 1.83 bits per heavy atom. The molecule has 5 nitrogen and oxygen atoms in total. The molecule has 0 radical (unpaired) electrons. The van der Waals surface area contributed by atoms with Crippen LogP contribution >= 0.6 is 0 Å². The lowest BCUT2D eigenvalue weighted by Gasteiger charge is -2.32. The predicted octanol–water partition coefficient (Wildman–Crippen LogP) is 3.63. The van der Waals surface area contributed by atoms with Gasteiger partial charge in [0.05, 0.1) is 17.4 Å². The minimum atomic E-state index is -0.702. The normalized spacial score (nSPS) is 21.4. The van der Waals surface area contributed by atoms with E-state index in [1.165, 1.54) is 4.90 Å². The van der Waals surface area contributed by atoms with E-state index in [0.29, 0.717) is 0 Å². The van der Waals surface area contributed by atoms with Gasteiger partial charge in [0.15, 0.2) is 0 Å². The molecule has 1 N–H and O–H groups in total. The first-order valence-electron chi connectivity index (χ1n) is 10.8. The summed E-state index contributed by atoms with van der Waals surface area (Å²) >= 11 is 0. The second-order valence-corrected chi connectivity index (χ2v) is 8.48. The van der Waals surface area contributed by atoms with E-state index in [0.717, 1.165) is 36.8 Å². The largest absolute Gasteiger partial charge is 0.343 e. The first kappa shape index (κ1) is 20.3. The van der Waals surface area contributed by atoms with E-state index < -0.39 is 5.54 Å². The summed E-state index contributed by atoms with van der Waals surface area (Å²) in [6.07, 6.45) is 3.68. The number of likely N-dealkylation sites (tertiary alicyclic amines) is 1. The second kappa shape index (κ2) is 8.42. The van der Waals surface area contributed by atoms with Crippen molar-refractivity contribution in [3.63, 3.8) is 0 Å². The van der Waals surface area contributed by atoms with Crippen LogP contribution in [0.3, 0.4) is 0 Å². The van der Waals surface area contributed by atoms with Crippen LogP contribution in [-0.2, 0) is 19.9 Å². The summed E-state index contributed by atoms with van der Waals surface area (Å²) in [5, 5.41) is 3.15. The Kier molecular flexibility index (Phi) is 5.71. The summed E-state index contributed by atoms with van der Waals surface area (Å²) < 4.78 is 0. The maximum atomic E-state index is 12.9. The molecule has 1 heterocycles. The van der Waals surface area contributed by atoms with Crippen molar-refractivity contribution in [1.82, 2.24) is 10.2 Å². The average molecular weight is 405 g/mol. The molecule has 4 rings (SSSR count). The molecule has 1 saturated heterocycles. The van der Waals surface area contributed by atoms with E-state index in [1.54, 1.807) is 0 Å². The Labute approximate surface area is 177 Å². The van der Waals surface area contributed by atoms with Gasteiger partial charge in [-0.05, 0) is 30.9 Å². The summed E-state index contributed by atoms with van der Waals surface area (Å²) in [6.45, 7) is 2.13. The molecule has 0 spiro atoms. The summed E-state index contributed by atoms with van der Waals surface area (Å²) in [7, 11) is 0. The summed E-state index contributed by atoms with van der Waals surface area (Å²) in [6, 6.07) is 19.7. The fourth-order valence-electron chi connectivity index (χ4n) is 4.86. The molecular weight excluding hydrogens is 376 g/mol. The highest BCUT2D eigenvalue weighted by molar-refractivity contribution is 6.05. The maximum absolute atomic E-state index is 12.9. The highest BCUT2D eigenvalue weighted by Crippen LogP contribution is 2.38. The zero-order valence-electron chi connectivity index (χ0n) is 17.3. The zero-order valence-corrected chi connectivity index (χ0v) is 17.3. The van der Waals surface area contributed by atoms with Gasteiger partial charge in [-0.1, -0.05) is 73.5 Å². The fourth-order valence-corrected chi connectivity index (χ4v) is 4.86. The molecule has 0 aromatic heterocycles. The maximum Gasteiger partial charge on any atom is 0.233 e. The number of hydrogen-bond acceptors (Lipinski definition) is 3. The minimum Gasteiger partial charge on any atom is -0.343 e. The SMILES string of the molecule is CC(NC(=O)CCN1C(=O)C2CCCCC2C1=O)(c1ccccc1)c1ccccc1. The van der Waals surface area contributed by atoms with E-state index >= 15 is 0 Å². The van der Waals surface area contributed by atoms with Crippen molar-refractivity contribution in [3.8, 4) is 0 Å². The highest BCUT2D eigenvalue weighted by Gasteiger charge is 2.47. The molecular formula is C25H28N2O3. The number of hydrogen-bond donors (Lipinski definition) is 1. The fraction of sp³-hybridized carbons (Fsp3) is 0.400. The molecule has 30 heavy (non-hydrogen) atoms. The van der Waals surface area contributed by atoms with Crippen molar-refractivity contribution in [2.24, 2.45) is 11.8 Å². The predicted molar refractivity (Wildman–Crippen MR) is 114 cm³/mol. The van der Waals surface area contributed by atoms with Gasteiger partial charge < -0.3 is 5.32 Å². The molecule has 5 heteroatoms. The third kappa shape index (κ3) is 3.76. The van der Waals surface area contributed by atoms with Crippen LogP contribution in [-0.4, -0.2) is 29.2 Å². The Bertz CT molecular complexity index is 862. The Hall–Kier alpha value is -2.95. The van der Waals surface area contributed by atoms with E-state index in [4.69, 9.17) is 0 Å². The van der Waals surface area contributed by atoms with Crippen molar-refractivity contribution < 1.29 is 14.4 Å². The first-order chi connectivity index (χ1) is 14.5. The first-order valence-corrected chi connectivity index (χ1v) is 10.8. The van der Waals surface area contributed by atoms with Gasteiger partial charge in [-0.25, -0.2) is 0 Å². The van der Waals surface area contributed by atoms with E-state index in [-0.39, 0.29) is 42.5 Å². The number of nitrogens with one attached hydrogen (secondary N) is 1. The highest BCUT2D eigenvalue weighted by atomic mass is 16.2. The Morgan fingerprint density at radius 1 is 0.900 bits per heavy atom. The van der Waals surface area contributed by atoms with Crippen molar-refractivity contribution in [3.05, 3.63) is 71.8 Å². The lowest BCUT2D eigenvalue weighted by molar-refractivity contribution is -0.140. The van der Waals surface area contributed by atoms with Crippen LogP contribution in [0.15, 0.2) is 60.7 Å². The quantitative estimate of drug-likeness (QED) is 0.748. The van der Waals surface area contributed by atoms with Gasteiger partial charge in [0, 0.05) is 13.0 Å². The Balaban J connectivity index is 1.47. The standard InChI is InChI=1S/C25H28N2O3/c1-25(18-10-4-2-5-11-18,19-12-6-3-7-13-19)26-22(28)16-17-27-23(29)20-14-8-9-15-21(20)24(27)30/h2-7,10-13,20-21H,8-9,14-17H2,1H3,(H,26,28). The van der Waals surface area contributed by atoms with Gasteiger partial charge in [-0.3, -0.25) is 19.3 Å². The number of fused-ring (bicyclic) bond motifs is 1. The molecule has 2 atom stereocenters. The number of imide groups is 1. The van der Waals surface area contributed by atoms with Crippen molar-refractivity contribution in [2.45, 2.75) is 44.6 Å². The van der Waals surface area contributed by atoms with Crippen LogP contribution in [0.1, 0.15) is 50.2 Å². The zero-order chi connectivity index (χ0) is 21.1. The van der Waals surface area contributed by atoms with E-state index in [9.17, 15) is 14.4 Å². The Morgan fingerprint density at radius 2 is 1.37 bits per heavy atom. The smallest absolute Gasteiger partial charge is 0.233 e. The molecule has 2 aromatic carbocycles. The molecule has 156 valence electrons. The molecule has 2 aliphatic rings. The molecule has 3 amide bonds. The van der Waals surface area contributed by atoms with Crippen LogP contribution in [0.4, 0.5) is 0 Å². The molecule has 0 bridgehead atoms. The minimum absolute atomic E-state index is 0.0913. The van der Waals surface area contributed by atoms with E-state index in [1.807, 2.05) is 67.6 Å². The van der Waals surface area contributed by atoms with Gasteiger partial charge in [-0.2, -0.15) is 0 Å². The van der Waals surface area contributed by atoms with Gasteiger partial charge >= 0.3 is 0 Å². The van der Waals surface area contributed by atoms with Gasteiger partial charge in [-0.15, -0.1) is 0 Å². The monoisotopic (exact) mass is 404 g/mol. The lowest BCUT2D eigenvalue weighted by atomic mass is 9.81. The van der Waals surface area contributed by atoms with Crippen LogP contribution in [0, 0.1) is 11.8 Å². The summed E-state index contributed by atoms with van der Waals surface area (Å²) in [5.74, 6) is -0.708. The van der Waals surface area contributed by atoms with Crippen LogP contribution in [0.25, 0.3) is 0 Å². The molecule has 1 aliphatic heterocycles. The summed E-state index contributed by atoms with van der Waals surface area (Å²) in [4.78, 5) is 39.6.